The number of hydrogen-bond donors (Lipinski definition) is 1. The van der Waals surface area contributed by atoms with E-state index in [0.29, 0.717) is 6.04 Å². The molecule has 0 aromatic heterocycles. The lowest BCUT2D eigenvalue weighted by Gasteiger charge is -2.26. The van der Waals surface area contributed by atoms with E-state index in [1.54, 1.807) is 7.11 Å². The molecular weight excluding hydrogens is 258 g/mol. The number of benzene rings is 2. The van der Waals surface area contributed by atoms with Crippen molar-refractivity contribution in [3.05, 3.63) is 48.0 Å². The Labute approximate surface area is 128 Å². The Balaban J connectivity index is 2.19. The summed E-state index contributed by atoms with van der Waals surface area (Å²) in [5, 5.41) is 6.21. The number of ether oxygens (including phenoxy) is 1. The van der Waals surface area contributed by atoms with Crippen LogP contribution in [0.4, 0.5) is 0 Å². The second-order valence-corrected chi connectivity index (χ2v) is 6.22. The van der Waals surface area contributed by atoms with Crippen LogP contribution in [0.3, 0.4) is 0 Å². The first-order chi connectivity index (χ1) is 10.1. The molecule has 21 heavy (non-hydrogen) atoms. The van der Waals surface area contributed by atoms with Gasteiger partial charge in [-0.25, -0.2) is 0 Å². The zero-order valence-corrected chi connectivity index (χ0v) is 13.6. The van der Waals surface area contributed by atoms with E-state index in [1.165, 1.54) is 16.3 Å². The third-order valence-electron chi connectivity index (χ3n) is 4.21. The average Bonchev–Trinajstić information content (AvgIpc) is 2.51. The zero-order chi connectivity index (χ0) is 15.3. The van der Waals surface area contributed by atoms with Crippen LogP contribution in [-0.4, -0.2) is 19.3 Å². The first kappa shape index (κ1) is 16.0. The van der Waals surface area contributed by atoms with Crippen molar-refractivity contribution in [1.29, 1.82) is 0 Å². The van der Waals surface area contributed by atoms with Crippen LogP contribution in [0.25, 0.3) is 10.8 Å². The summed E-state index contributed by atoms with van der Waals surface area (Å²) in [6.45, 7) is 7.44. The first-order valence-electron chi connectivity index (χ1n) is 7.83. The van der Waals surface area contributed by atoms with Crippen LogP contribution in [0.5, 0.6) is 0 Å². The van der Waals surface area contributed by atoms with Crippen molar-refractivity contribution in [3.63, 3.8) is 0 Å². The molecule has 0 spiro atoms. The molecule has 0 aliphatic rings. The maximum atomic E-state index is 5.54. The SMILES string of the molecule is CCNC(CCC(C)(C)OC)c1ccc2ccccc2c1. The van der Waals surface area contributed by atoms with Gasteiger partial charge in [-0.05, 0) is 55.6 Å². The third kappa shape index (κ3) is 4.29. The minimum absolute atomic E-state index is 0.0650. The summed E-state index contributed by atoms with van der Waals surface area (Å²) in [5.74, 6) is 0. The molecule has 0 saturated heterocycles. The summed E-state index contributed by atoms with van der Waals surface area (Å²) in [5.41, 5.74) is 1.30. The van der Waals surface area contributed by atoms with Gasteiger partial charge in [0.1, 0.15) is 0 Å². The van der Waals surface area contributed by atoms with Gasteiger partial charge in [-0.3, -0.25) is 0 Å². The number of nitrogens with one attached hydrogen (secondary N) is 1. The molecule has 0 saturated carbocycles. The van der Waals surface area contributed by atoms with Gasteiger partial charge in [-0.2, -0.15) is 0 Å². The Morgan fingerprint density at radius 2 is 1.81 bits per heavy atom. The van der Waals surface area contributed by atoms with E-state index in [-0.39, 0.29) is 5.60 Å². The third-order valence-corrected chi connectivity index (χ3v) is 4.21. The van der Waals surface area contributed by atoms with Crippen molar-refractivity contribution in [2.24, 2.45) is 0 Å². The smallest absolute Gasteiger partial charge is 0.0623 e. The van der Waals surface area contributed by atoms with Crippen molar-refractivity contribution in [3.8, 4) is 0 Å². The summed E-state index contributed by atoms with van der Waals surface area (Å²) >= 11 is 0. The lowest BCUT2D eigenvalue weighted by atomic mass is 9.93. The van der Waals surface area contributed by atoms with Crippen LogP contribution >= 0.6 is 0 Å². The van der Waals surface area contributed by atoms with E-state index in [2.05, 4.69) is 68.6 Å². The van der Waals surface area contributed by atoms with Gasteiger partial charge in [0.05, 0.1) is 5.60 Å². The van der Waals surface area contributed by atoms with Gasteiger partial charge in [0, 0.05) is 13.2 Å². The lowest BCUT2D eigenvalue weighted by molar-refractivity contribution is 0.0117. The Hall–Kier alpha value is -1.38. The van der Waals surface area contributed by atoms with Gasteiger partial charge in [-0.1, -0.05) is 43.3 Å². The quantitative estimate of drug-likeness (QED) is 0.796. The van der Waals surface area contributed by atoms with Gasteiger partial charge in [0.2, 0.25) is 0 Å². The number of fused-ring (bicyclic) bond motifs is 1. The van der Waals surface area contributed by atoms with E-state index < -0.39 is 0 Å². The van der Waals surface area contributed by atoms with Crippen molar-refractivity contribution < 1.29 is 4.74 Å². The predicted octanol–water partition coefficient (Wildman–Crippen LogP) is 4.70. The first-order valence-corrected chi connectivity index (χ1v) is 7.83. The van der Waals surface area contributed by atoms with Gasteiger partial charge in [-0.15, -0.1) is 0 Å². The molecule has 2 heteroatoms. The van der Waals surface area contributed by atoms with Gasteiger partial charge in [0.15, 0.2) is 0 Å². The Morgan fingerprint density at radius 3 is 2.48 bits per heavy atom. The molecule has 114 valence electrons. The summed E-state index contributed by atoms with van der Waals surface area (Å²) in [6.07, 6.45) is 2.11. The Morgan fingerprint density at radius 1 is 1.10 bits per heavy atom. The average molecular weight is 285 g/mol. The molecule has 1 atom stereocenters. The van der Waals surface area contributed by atoms with Crippen LogP contribution in [0.2, 0.25) is 0 Å². The molecule has 1 unspecified atom stereocenters. The molecule has 0 heterocycles. The zero-order valence-electron chi connectivity index (χ0n) is 13.6. The fourth-order valence-electron chi connectivity index (χ4n) is 2.65. The largest absolute Gasteiger partial charge is 0.379 e. The molecule has 2 rings (SSSR count). The minimum Gasteiger partial charge on any atom is -0.379 e. The van der Waals surface area contributed by atoms with E-state index in [4.69, 9.17) is 4.74 Å². The second-order valence-electron chi connectivity index (χ2n) is 6.22. The predicted molar refractivity (Wildman–Crippen MR) is 90.7 cm³/mol. The number of hydrogen-bond acceptors (Lipinski definition) is 2. The van der Waals surface area contributed by atoms with E-state index in [0.717, 1.165) is 19.4 Å². The Kier molecular flexibility index (Phi) is 5.38. The molecule has 1 N–H and O–H groups in total. The molecule has 0 aliphatic heterocycles. The standard InChI is InChI=1S/C19H27NO/c1-5-20-18(12-13-19(2,3)21-4)17-11-10-15-8-6-7-9-16(15)14-17/h6-11,14,18,20H,5,12-13H2,1-4H3. The molecule has 0 bridgehead atoms. The number of methoxy groups -OCH3 is 1. The van der Waals surface area contributed by atoms with Gasteiger partial charge >= 0.3 is 0 Å². The van der Waals surface area contributed by atoms with Crippen LogP contribution in [0.1, 0.15) is 45.2 Å². The molecule has 2 aromatic rings. The highest BCUT2D eigenvalue weighted by Crippen LogP contribution is 2.27. The van der Waals surface area contributed by atoms with Crippen LogP contribution in [0, 0.1) is 0 Å². The van der Waals surface area contributed by atoms with Gasteiger partial charge in [0.25, 0.3) is 0 Å². The maximum Gasteiger partial charge on any atom is 0.0623 e. The minimum atomic E-state index is -0.0650. The van der Waals surface area contributed by atoms with Crippen molar-refractivity contribution in [2.75, 3.05) is 13.7 Å². The molecule has 0 fully saturated rings. The van der Waals surface area contributed by atoms with Crippen LogP contribution < -0.4 is 5.32 Å². The fourth-order valence-corrected chi connectivity index (χ4v) is 2.65. The van der Waals surface area contributed by atoms with Crippen molar-refractivity contribution in [1.82, 2.24) is 5.32 Å². The highest BCUT2D eigenvalue weighted by Gasteiger charge is 2.20. The Bertz CT molecular complexity index is 577. The number of rotatable bonds is 7. The van der Waals surface area contributed by atoms with E-state index >= 15 is 0 Å². The fraction of sp³-hybridized carbons (Fsp3) is 0.474. The molecule has 0 aliphatic carbocycles. The molecule has 2 nitrogen and oxygen atoms in total. The lowest BCUT2D eigenvalue weighted by Crippen LogP contribution is -2.27. The second kappa shape index (κ2) is 7.06. The summed E-state index contributed by atoms with van der Waals surface area (Å²) in [6, 6.07) is 15.7. The van der Waals surface area contributed by atoms with E-state index in [9.17, 15) is 0 Å². The summed E-state index contributed by atoms with van der Waals surface area (Å²) in [7, 11) is 1.79. The van der Waals surface area contributed by atoms with Crippen LogP contribution in [-0.2, 0) is 4.74 Å². The highest BCUT2D eigenvalue weighted by molar-refractivity contribution is 5.83. The monoisotopic (exact) mass is 285 g/mol. The molecule has 0 radical (unpaired) electrons. The maximum absolute atomic E-state index is 5.54. The van der Waals surface area contributed by atoms with Gasteiger partial charge < -0.3 is 10.1 Å². The summed E-state index contributed by atoms with van der Waals surface area (Å²) < 4.78 is 5.54. The molecule has 0 amide bonds. The van der Waals surface area contributed by atoms with Crippen molar-refractivity contribution >= 4 is 10.8 Å². The molecule has 2 aromatic carbocycles. The summed E-state index contributed by atoms with van der Waals surface area (Å²) in [4.78, 5) is 0. The topological polar surface area (TPSA) is 21.3 Å². The van der Waals surface area contributed by atoms with Crippen LogP contribution in [0.15, 0.2) is 42.5 Å². The highest BCUT2D eigenvalue weighted by atomic mass is 16.5. The molecular formula is C19H27NO. The normalized spacial score (nSPS) is 13.5. The van der Waals surface area contributed by atoms with E-state index in [1.807, 2.05) is 0 Å². The van der Waals surface area contributed by atoms with Crippen molar-refractivity contribution in [2.45, 2.75) is 45.3 Å².